The van der Waals surface area contributed by atoms with Gasteiger partial charge in [-0.3, -0.25) is 0 Å². The molecule has 4 nitrogen and oxygen atoms in total. The van der Waals surface area contributed by atoms with Crippen LogP contribution in [0.4, 0.5) is 0 Å². The average Bonchev–Trinajstić information content (AvgIpc) is 2.15. The van der Waals surface area contributed by atoms with E-state index in [1.165, 1.54) is 0 Å². The summed E-state index contributed by atoms with van der Waals surface area (Å²) in [6.45, 7) is 3.48. The average molecular weight is 182 g/mol. The number of rotatable bonds is 3. The Kier molecular flexibility index (Phi) is 3.33. The van der Waals surface area contributed by atoms with Gasteiger partial charge in [0.15, 0.2) is 5.82 Å². The molecule has 0 aliphatic rings. The first-order chi connectivity index (χ1) is 6.17. The molecule has 1 rings (SSSR count). The number of hydrogen-bond donors (Lipinski definition) is 2. The van der Waals surface area contributed by atoms with Gasteiger partial charge in [0.05, 0.1) is 6.61 Å². The summed E-state index contributed by atoms with van der Waals surface area (Å²) in [4.78, 5) is 8.13. The Morgan fingerprint density at radius 3 is 2.69 bits per heavy atom. The Balaban J connectivity index is 3.01. The van der Waals surface area contributed by atoms with Crippen LogP contribution in [0.3, 0.4) is 0 Å². The van der Waals surface area contributed by atoms with Gasteiger partial charge in [0.1, 0.15) is 6.10 Å². The molecule has 1 aromatic heterocycles. The van der Waals surface area contributed by atoms with Gasteiger partial charge >= 0.3 is 0 Å². The molecule has 0 aromatic carbocycles. The molecule has 1 aromatic rings. The second-order valence-electron chi connectivity index (χ2n) is 2.91. The zero-order valence-electron chi connectivity index (χ0n) is 7.86. The summed E-state index contributed by atoms with van der Waals surface area (Å²) in [5, 5.41) is 18.0. The summed E-state index contributed by atoms with van der Waals surface area (Å²) in [7, 11) is 0. The van der Waals surface area contributed by atoms with E-state index in [1.54, 1.807) is 0 Å². The standard InChI is InChI=1S/C9H14N2O2/c1-3-7-4-6(2)10-9(11-7)8(13)5-12/h4,8,12-13H,3,5H2,1-2H3/t8-/m0/s1. The third-order valence-corrected chi connectivity index (χ3v) is 1.76. The van der Waals surface area contributed by atoms with Gasteiger partial charge in [0, 0.05) is 11.4 Å². The number of aryl methyl sites for hydroxylation is 2. The molecule has 0 unspecified atom stereocenters. The van der Waals surface area contributed by atoms with Gasteiger partial charge in [-0.05, 0) is 19.4 Å². The van der Waals surface area contributed by atoms with Crippen LogP contribution in [0, 0.1) is 6.92 Å². The first-order valence-electron chi connectivity index (χ1n) is 4.30. The van der Waals surface area contributed by atoms with E-state index in [9.17, 15) is 5.11 Å². The lowest BCUT2D eigenvalue weighted by Gasteiger charge is -2.07. The van der Waals surface area contributed by atoms with Gasteiger partial charge in [0.2, 0.25) is 0 Å². The van der Waals surface area contributed by atoms with Crippen LogP contribution in [0.15, 0.2) is 6.07 Å². The Morgan fingerprint density at radius 2 is 2.15 bits per heavy atom. The summed E-state index contributed by atoms with van der Waals surface area (Å²) in [5.41, 5.74) is 1.70. The maximum absolute atomic E-state index is 9.30. The molecule has 0 amide bonds. The van der Waals surface area contributed by atoms with Gasteiger partial charge in [0.25, 0.3) is 0 Å². The Bertz CT molecular complexity index is 289. The lowest BCUT2D eigenvalue weighted by Crippen LogP contribution is -2.10. The fourth-order valence-electron chi connectivity index (χ4n) is 1.07. The van der Waals surface area contributed by atoms with Gasteiger partial charge in [-0.15, -0.1) is 0 Å². The van der Waals surface area contributed by atoms with Crippen molar-refractivity contribution in [3.8, 4) is 0 Å². The number of hydrogen-bond acceptors (Lipinski definition) is 4. The fourth-order valence-corrected chi connectivity index (χ4v) is 1.07. The SMILES string of the molecule is CCc1cc(C)nc([C@@H](O)CO)n1. The number of aliphatic hydroxyl groups excluding tert-OH is 2. The van der Waals surface area contributed by atoms with Crippen LogP contribution in [0.1, 0.15) is 30.2 Å². The van der Waals surface area contributed by atoms with Crippen LogP contribution in [0.5, 0.6) is 0 Å². The molecule has 72 valence electrons. The summed E-state index contributed by atoms with van der Waals surface area (Å²) in [6.07, 6.45) is -0.167. The highest BCUT2D eigenvalue weighted by atomic mass is 16.3. The molecule has 0 saturated heterocycles. The van der Waals surface area contributed by atoms with Gasteiger partial charge < -0.3 is 10.2 Å². The van der Waals surface area contributed by atoms with Crippen molar-refractivity contribution in [3.63, 3.8) is 0 Å². The van der Waals surface area contributed by atoms with E-state index in [2.05, 4.69) is 9.97 Å². The van der Waals surface area contributed by atoms with E-state index in [1.807, 2.05) is 19.9 Å². The molecule has 0 saturated carbocycles. The molecule has 0 fully saturated rings. The quantitative estimate of drug-likeness (QED) is 0.709. The Morgan fingerprint density at radius 1 is 1.46 bits per heavy atom. The largest absolute Gasteiger partial charge is 0.393 e. The topological polar surface area (TPSA) is 66.2 Å². The predicted molar refractivity (Wildman–Crippen MR) is 48.2 cm³/mol. The number of aromatic nitrogens is 2. The lowest BCUT2D eigenvalue weighted by molar-refractivity contribution is 0.0883. The zero-order valence-corrected chi connectivity index (χ0v) is 7.86. The van der Waals surface area contributed by atoms with Crippen molar-refractivity contribution in [1.82, 2.24) is 9.97 Å². The molecular formula is C9H14N2O2. The van der Waals surface area contributed by atoms with E-state index in [0.29, 0.717) is 5.82 Å². The number of aliphatic hydroxyl groups is 2. The van der Waals surface area contributed by atoms with Crippen molar-refractivity contribution in [2.24, 2.45) is 0 Å². The first-order valence-corrected chi connectivity index (χ1v) is 4.30. The van der Waals surface area contributed by atoms with Crippen molar-refractivity contribution in [3.05, 3.63) is 23.3 Å². The molecule has 0 aliphatic heterocycles. The van der Waals surface area contributed by atoms with E-state index >= 15 is 0 Å². The van der Waals surface area contributed by atoms with Crippen molar-refractivity contribution < 1.29 is 10.2 Å². The molecule has 1 atom stereocenters. The minimum atomic E-state index is -0.967. The van der Waals surface area contributed by atoms with Gasteiger partial charge in [-0.25, -0.2) is 9.97 Å². The highest BCUT2D eigenvalue weighted by molar-refractivity contribution is 5.11. The monoisotopic (exact) mass is 182 g/mol. The third kappa shape index (κ3) is 2.47. The van der Waals surface area contributed by atoms with E-state index in [4.69, 9.17) is 5.11 Å². The number of nitrogens with zero attached hydrogens (tertiary/aromatic N) is 2. The summed E-state index contributed by atoms with van der Waals surface area (Å²) >= 11 is 0. The van der Waals surface area contributed by atoms with E-state index in [-0.39, 0.29) is 6.61 Å². The van der Waals surface area contributed by atoms with Gasteiger partial charge in [-0.1, -0.05) is 6.92 Å². The predicted octanol–water partition coefficient (Wildman–Crippen LogP) is 0.373. The van der Waals surface area contributed by atoms with Crippen molar-refractivity contribution in [2.75, 3.05) is 6.61 Å². The minimum absolute atomic E-state index is 0.305. The molecule has 0 radical (unpaired) electrons. The van der Waals surface area contributed by atoms with Crippen LogP contribution in [-0.2, 0) is 6.42 Å². The molecule has 1 heterocycles. The van der Waals surface area contributed by atoms with Crippen molar-refractivity contribution in [1.29, 1.82) is 0 Å². The van der Waals surface area contributed by atoms with Crippen molar-refractivity contribution in [2.45, 2.75) is 26.4 Å². The van der Waals surface area contributed by atoms with Crippen LogP contribution in [-0.4, -0.2) is 26.8 Å². The smallest absolute Gasteiger partial charge is 0.159 e. The molecule has 13 heavy (non-hydrogen) atoms. The maximum Gasteiger partial charge on any atom is 0.159 e. The van der Waals surface area contributed by atoms with Gasteiger partial charge in [-0.2, -0.15) is 0 Å². The normalized spacial score (nSPS) is 12.9. The van der Waals surface area contributed by atoms with Crippen LogP contribution < -0.4 is 0 Å². The Labute approximate surface area is 77.3 Å². The lowest BCUT2D eigenvalue weighted by atomic mass is 10.2. The molecule has 2 N–H and O–H groups in total. The second-order valence-corrected chi connectivity index (χ2v) is 2.91. The van der Waals surface area contributed by atoms with E-state index in [0.717, 1.165) is 17.8 Å². The van der Waals surface area contributed by atoms with Crippen LogP contribution in [0.2, 0.25) is 0 Å². The first kappa shape index (κ1) is 10.1. The van der Waals surface area contributed by atoms with E-state index < -0.39 is 6.10 Å². The zero-order chi connectivity index (χ0) is 9.84. The maximum atomic E-state index is 9.30. The van der Waals surface area contributed by atoms with Crippen LogP contribution >= 0.6 is 0 Å². The second kappa shape index (κ2) is 4.30. The third-order valence-electron chi connectivity index (χ3n) is 1.76. The molecule has 0 spiro atoms. The summed E-state index contributed by atoms with van der Waals surface area (Å²) < 4.78 is 0. The van der Waals surface area contributed by atoms with Crippen LogP contribution in [0.25, 0.3) is 0 Å². The molecule has 4 heteroatoms. The molecule has 0 bridgehead atoms. The van der Waals surface area contributed by atoms with Crippen molar-refractivity contribution >= 4 is 0 Å². The Hall–Kier alpha value is -1.00. The summed E-state index contributed by atoms with van der Waals surface area (Å²) in [6, 6.07) is 1.87. The fraction of sp³-hybridized carbons (Fsp3) is 0.556. The molecular weight excluding hydrogens is 168 g/mol. The minimum Gasteiger partial charge on any atom is -0.393 e. The highest BCUT2D eigenvalue weighted by Gasteiger charge is 2.10. The summed E-state index contributed by atoms with van der Waals surface area (Å²) in [5.74, 6) is 0.305. The highest BCUT2D eigenvalue weighted by Crippen LogP contribution is 2.08. The molecule has 0 aliphatic carbocycles.